The summed E-state index contributed by atoms with van der Waals surface area (Å²) in [7, 11) is 0.294. The first-order valence-corrected chi connectivity index (χ1v) is 10.8. The van der Waals surface area contributed by atoms with Crippen molar-refractivity contribution in [2.75, 3.05) is 18.1 Å². The summed E-state index contributed by atoms with van der Waals surface area (Å²) in [6, 6.07) is 17.0. The maximum absolute atomic E-state index is 12.0. The second kappa shape index (κ2) is 6.51. The molecule has 2 aliphatic heterocycles. The second-order valence-electron chi connectivity index (χ2n) is 6.92. The van der Waals surface area contributed by atoms with E-state index in [9.17, 15) is 4.79 Å². The van der Waals surface area contributed by atoms with Gasteiger partial charge in [0.05, 0.1) is 6.61 Å². The number of rotatable bonds is 3. The molecule has 0 saturated carbocycles. The number of benzene rings is 3. The summed E-state index contributed by atoms with van der Waals surface area (Å²) in [4.78, 5) is 13.5. The van der Waals surface area contributed by atoms with Gasteiger partial charge in [-0.3, -0.25) is 0 Å². The molecule has 26 heavy (non-hydrogen) atoms. The normalized spacial score (nSPS) is 20.8. The lowest BCUT2D eigenvalue weighted by atomic mass is 10.0. The molecule has 3 aromatic rings. The van der Waals surface area contributed by atoms with Crippen LogP contribution < -0.4 is 4.74 Å². The molecule has 0 aliphatic carbocycles. The van der Waals surface area contributed by atoms with E-state index in [4.69, 9.17) is 9.47 Å². The summed E-state index contributed by atoms with van der Waals surface area (Å²) in [6.07, 6.45) is 2.75. The van der Waals surface area contributed by atoms with Crippen LogP contribution in [-0.4, -0.2) is 30.2 Å². The Morgan fingerprint density at radius 1 is 0.885 bits per heavy atom. The van der Waals surface area contributed by atoms with Gasteiger partial charge >= 0.3 is 5.97 Å². The Hall–Kier alpha value is -2.20. The summed E-state index contributed by atoms with van der Waals surface area (Å²) in [5, 5.41) is 4.77. The van der Waals surface area contributed by atoms with Crippen molar-refractivity contribution >= 4 is 38.4 Å². The molecule has 1 atom stereocenters. The van der Waals surface area contributed by atoms with Crippen molar-refractivity contribution in [3.05, 3.63) is 48.5 Å². The molecular formula is C22H21O3S+. The fourth-order valence-electron chi connectivity index (χ4n) is 4.07. The molecule has 0 bridgehead atoms. The zero-order valence-electron chi connectivity index (χ0n) is 14.6. The van der Waals surface area contributed by atoms with Crippen LogP contribution in [0.2, 0.25) is 0 Å². The van der Waals surface area contributed by atoms with Crippen molar-refractivity contribution < 1.29 is 14.3 Å². The first kappa shape index (κ1) is 16.0. The zero-order chi connectivity index (χ0) is 17.5. The Labute approximate surface area is 155 Å². The van der Waals surface area contributed by atoms with Gasteiger partial charge in [-0.05, 0) is 25.0 Å². The van der Waals surface area contributed by atoms with Crippen LogP contribution in [-0.2, 0) is 20.4 Å². The number of hydrogen-bond acceptors (Lipinski definition) is 3. The Balaban J connectivity index is 1.78. The molecule has 3 nitrogen and oxygen atoms in total. The van der Waals surface area contributed by atoms with E-state index >= 15 is 0 Å². The molecule has 0 radical (unpaired) electrons. The molecule has 0 N–H and O–H groups in total. The van der Waals surface area contributed by atoms with Crippen LogP contribution in [0.25, 0.3) is 21.5 Å². The number of hydrogen-bond donors (Lipinski definition) is 0. The van der Waals surface area contributed by atoms with Crippen molar-refractivity contribution in [3.8, 4) is 5.75 Å². The fraction of sp³-hybridized carbons (Fsp3) is 0.318. The van der Waals surface area contributed by atoms with Gasteiger partial charge in [0.15, 0.2) is 11.0 Å². The van der Waals surface area contributed by atoms with E-state index in [0.717, 1.165) is 16.5 Å². The van der Waals surface area contributed by atoms with Crippen LogP contribution in [0.3, 0.4) is 0 Å². The summed E-state index contributed by atoms with van der Waals surface area (Å²) in [5.74, 6) is 3.14. The first-order valence-electron chi connectivity index (χ1n) is 9.27. The third kappa shape index (κ3) is 2.55. The predicted octanol–water partition coefficient (Wildman–Crippen LogP) is 4.46. The standard InChI is InChI=1S/C22H21O3S/c23-22-19(11-12-24-22)25-20-15-7-1-3-9-17(15)21(26-13-5-6-14-26)18-10-4-2-8-16(18)20/h1-4,7-10,19H,5-6,11-14H2/q+1. The average Bonchev–Trinajstić information content (AvgIpc) is 3.34. The third-order valence-electron chi connectivity index (χ3n) is 5.30. The molecule has 4 heteroatoms. The monoisotopic (exact) mass is 365 g/mol. The van der Waals surface area contributed by atoms with E-state index in [-0.39, 0.29) is 5.97 Å². The molecule has 2 saturated heterocycles. The van der Waals surface area contributed by atoms with E-state index < -0.39 is 6.10 Å². The highest BCUT2D eigenvalue weighted by molar-refractivity contribution is 7.97. The Bertz CT molecular complexity index is 934. The van der Waals surface area contributed by atoms with Crippen LogP contribution in [0, 0.1) is 0 Å². The van der Waals surface area contributed by atoms with Gasteiger partial charge in [0.2, 0.25) is 0 Å². The van der Waals surface area contributed by atoms with Crippen LogP contribution in [0.5, 0.6) is 5.75 Å². The highest BCUT2D eigenvalue weighted by Gasteiger charge is 2.34. The van der Waals surface area contributed by atoms with E-state index in [0.29, 0.717) is 23.9 Å². The maximum Gasteiger partial charge on any atom is 0.347 e. The molecule has 2 heterocycles. The maximum atomic E-state index is 12.0. The van der Waals surface area contributed by atoms with Gasteiger partial charge in [-0.25, -0.2) is 4.79 Å². The average molecular weight is 365 g/mol. The SMILES string of the molecule is O=C1OCCC1Oc1c2ccccc2c([S+]2CCCC2)c2ccccc12. The summed E-state index contributed by atoms with van der Waals surface area (Å²) in [5.41, 5.74) is 0. The molecular weight excluding hydrogens is 344 g/mol. The highest BCUT2D eigenvalue weighted by Crippen LogP contribution is 2.43. The summed E-state index contributed by atoms with van der Waals surface area (Å²) in [6.45, 7) is 0.445. The van der Waals surface area contributed by atoms with Crippen molar-refractivity contribution in [1.82, 2.24) is 0 Å². The molecule has 2 fully saturated rings. The number of esters is 1. The number of ether oxygens (including phenoxy) is 2. The molecule has 5 rings (SSSR count). The van der Waals surface area contributed by atoms with Crippen LogP contribution in [0.4, 0.5) is 0 Å². The van der Waals surface area contributed by atoms with E-state index in [1.807, 2.05) is 0 Å². The van der Waals surface area contributed by atoms with E-state index in [2.05, 4.69) is 48.5 Å². The lowest BCUT2D eigenvalue weighted by Gasteiger charge is -2.18. The first-order chi connectivity index (χ1) is 12.8. The number of carbonyl (C=O) groups excluding carboxylic acids is 1. The van der Waals surface area contributed by atoms with Crippen molar-refractivity contribution in [1.29, 1.82) is 0 Å². The fourth-order valence-corrected chi connectivity index (χ4v) is 6.77. The van der Waals surface area contributed by atoms with Gasteiger partial charge in [0.1, 0.15) is 17.3 Å². The zero-order valence-corrected chi connectivity index (χ0v) is 15.4. The van der Waals surface area contributed by atoms with Gasteiger partial charge < -0.3 is 9.47 Å². The van der Waals surface area contributed by atoms with Crippen molar-refractivity contribution in [2.45, 2.75) is 30.3 Å². The molecule has 1 unspecified atom stereocenters. The molecule has 0 spiro atoms. The minimum Gasteiger partial charge on any atom is -0.477 e. The number of fused-ring (bicyclic) bond motifs is 2. The van der Waals surface area contributed by atoms with Gasteiger partial charge in [0.25, 0.3) is 0 Å². The van der Waals surface area contributed by atoms with E-state index in [1.165, 1.54) is 40.0 Å². The molecule has 2 aliphatic rings. The van der Waals surface area contributed by atoms with Gasteiger partial charge in [-0.1, -0.05) is 36.4 Å². The van der Waals surface area contributed by atoms with Gasteiger partial charge in [-0.15, -0.1) is 0 Å². The number of cyclic esters (lactones) is 1. The van der Waals surface area contributed by atoms with E-state index in [1.54, 1.807) is 0 Å². The molecule has 0 aromatic heterocycles. The third-order valence-corrected chi connectivity index (χ3v) is 7.88. The van der Waals surface area contributed by atoms with Gasteiger partial charge in [-0.2, -0.15) is 0 Å². The summed E-state index contributed by atoms with van der Waals surface area (Å²) >= 11 is 0. The molecule has 3 aromatic carbocycles. The topological polar surface area (TPSA) is 35.5 Å². The molecule has 132 valence electrons. The summed E-state index contributed by atoms with van der Waals surface area (Å²) < 4.78 is 11.4. The van der Waals surface area contributed by atoms with Gasteiger partial charge in [0, 0.05) is 38.9 Å². The minimum absolute atomic E-state index is 0.250. The lowest BCUT2D eigenvalue weighted by Crippen LogP contribution is -2.22. The van der Waals surface area contributed by atoms with Crippen LogP contribution in [0.1, 0.15) is 19.3 Å². The van der Waals surface area contributed by atoms with Crippen LogP contribution >= 0.6 is 0 Å². The second-order valence-corrected chi connectivity index (χ2v) is 9.13. The predicted molar refractivity (Wildman–Crippen MR) is 106 cm³/mol. The highest BCUT2D eigenvalue weighted by atomic mass is 32.2. The van der Waals surface area contributed by atoms with Crippen molar-refractivity contribution in [3.63, 3.8) is 0 Å². The Morgan fingerprint density at radius 2 is 1.46 bits per heavy atom. The Kier molecular flexibility index (Phi) is 4.01. The quantitative estimate of drug-likeness (QED) is 0.391. The van der Waals surface area contributed by atoms with Crippen LogP contribution in [0.15, 0.2) is 53.4 Å². The molecule has 0 amide bonds. The van der Waals surface area contributed by atoms with Crippen molar-refractivity contribution in [2.24, 2.45) is 0 Å². The minimum atomic E-state index is -0.499. The Morgan fingerprint density at radius 3 is 2.00 bits per heavy atom. The smallest absolute Gasteiger partial charge is 0.347 e. The lowest BCUT2D eigenvalue weighted by molar-refractivity contribution is -0.143. The number of carbonyl (C=O) groups is 1. The largest absolute Gasteiger partial charge is 0.477 e.